The fourth-order valence-corrected chi connectivity index (χ4v) is 6.20. The molecule has 0 atom stereocenters. The normalized spacial score (nSPS) is 11.3. The first kappa shape index (κ1) is 24.9. The van der Waals surface area contributed by atoms with Crippen LogP contribution in [0.2, 0.25) is 10.0 Å². The third kappa shape index (κ3) is 5.38. The van der Waals surface area contributed by atoms with Gasteiger partial charge in [0.1, 0.15) is 0 Å². The van der Waals surface area contributed by atoms with E-state index >= 15 is 0 Å². The number of rotatable bonds is 8. The maximum absolute atomic E-state index is 13.6. The van der Waals surface area contributed by atoms with Crippen molar-refractivity contribution in [1.82, 2.24) is 0 Å². The van der Waals surface area contributed by atoms with E-state index in [0.29, 0.717) is 22.3 Å². The third-order valence-corrected chi connectivity index (χ3v) is 8.51. The Morgan fingerprint density at radius 1 is 0.543 bits per heavy atom. The summed E-state index contributed by atoms with van der Waals surface area (Å²) in [4.78, 5) is 25.0. The average molecular weight is 523 g/mol. The molecular formula is C28H20Cl2O4S. The molecule has 4 nitrogen and oxygen atoms in total. The Morgan fingerprint density at radius 3 is 1.29 bits per heavy atom. The maximum atomic E-state index is 13.6. The van der Waals surface area contributed by atoms with Gasteiger partial charge in [0.05, 0.1) is 19.8 Å². The Labute approximate surface area is 214 Å². The van der Waals surface area contributed by atoms with Crippen molar-refractivity contribution >= 4 is 44.6 Å². The van der Waals surface area contributed by atoms with Crippen molar-refractivity contribution in [2.75, 3.05) is 0 Å². The van der Waals surface area contributed by atoms with Crippen molar-refractivity contribution in [2.45, 2.75) is 22.6 Å². The Morgan fingerprint density at radius 2 is 0.914 bits per heavy atom. The van der Waals surface area contributed by atoms with E-state index in [0.717, 1.165) is 0 Å². The van der Waals surface area contributed by atoms with E-state index in [1.165, 1.54) is 12.1 Å². The summed E-state index contributed by atoms with van der Waals surface area (Å²) in [6.07, 6.45) is -0.100. The lowest BCUT2D eigenvalue weighted by Crippen LogP contribution is -2.10. The minimum absolute atomic E-state index is 0.0291. The summed E-state index contributed by atoms with van der Waals surface area (Å²) < 4.78 is 27.1. The van der Waals surface area contributed by atoms with Crippen LogP contribution >= 0.6 is 23.2 Å². The molecule has 0 aliphatic carbocycles. The molecule has 0 spiro atoms. The molecule has 0 amide bonds. The molecule has 0 bridgehead atoms. The molecule has 4 rings (SSSR count). The van der Waals surface area contributed by atoms with Gasteiger partial charge in [-0.15, -0.1) is 0 Å². The Hall–Kier alpha value is -3.25. The smallest absolute Gasteiger partial charge is 0.209 e. The van der Waals surface area contributed by atoms with E-state index in [4.69, 9.17) is 23.2 Å². The number of hydrogen-bond acceptors (Lipinski definition) is 4. The van der Waals surface area contributed by atoms with Crippen LogP contribution in [-0.2, 0) is 22.7 Å². The van der Waals surface area contributed by atoms with Gasteiger partial charge in [-0.3, -0.25) is 9.59 Å². The third-order valence-electron chi connectivity index (χ3n) is 5.56. The first-order valence-corrected chi connectivity index (χ1v) is 13.0. The van der Waals surface area contributed by atoms with Crippen LogP contribution in [0.5, 0.6) is 0 Å². The quantitative estimate of drug-likeness (QED) is 0.242. The summed E-state index contributed by atoms with van der Waals surface area (Å²) in [7, 11) is -4.13. The molecule has 7 heteroatoms. The largest absolute Gasteiger partial charge is 0.294 e. The number of halogens is 2. The van der Waals surface area contributed by atoms with E-state index in [9.17, 15) is 18.0 Å². The van der Waals surface area contributed by atoms with Gasteiger partial charge in [-0.2, -0.15) is 0 Å². The van der Waals surface area contributed by atoms with Gasteiger partial charge in [0, 0.05) is 24.0 Å². The van der Waals surface area contributed by atoms with Crippen LogP contribution in [-0.4, -0.2) is 20.0 Å². The number of hydrogen-bond donors (Lipinski definition) is 0. The van der Waals surface area contributed by atoms with Crippen LogP contribution in [0.15, 0.2) is 107 Å². The van der Waals surface area contributed by atoms with E-state index in [2.05, 4.69) is 0 Å². The molecule has 4 aromatic carbocycles. The standard InChI is InChI=1S/C28H20Cl2O4S/c29-27-21(17-23(31)19-9-3-1-4-10-19)13-7-15-25(27)35(33,34)26-16-8-14-22(28(26)30)18-24(32)20-11-5-2-6-12-20/h1-16H,17-18H2. The van der Waals surface area contributed by atoms with Gasteiger partial charge in [-0.05, 0) is 23.3 Å². The van der Waals surface area contributed by atoms with Crippen LogP contribution in [0.3, 0.4) is 0 Å². The maximum Gasteiger partial charge on any atom is 0.209 e. The minimum atomic E-state index is -4.13. The predicted molar refractivity (Wildman–Crippen MR) is 137 cm³/mol. The molecular weight excluding hydrogens is 503 g/mol. The highest BCUT2D eigenvalue weighted by atomic mass is 35.5. The Kier molecular flexibility index (Phi) is 7.51. The van der Waals surface area contributed by atoms with Gasteiger partial charge in [-0.1, -0.05) is 108 Å². The molecule has 35 heavy (non-hydrogen) atoms. The highest BCUT2D eigenvalue weighted by molar-refractivity contribution is 7.91. The van der Waals surface area contributed by atoms with Crippen LogP contribution < -0.4 is 0 Å². The van der Waals surface area contributed by atoms with Gasteiger partial charge >= 0.3 is 0 Å². The van der Waals surface area contributed by atoms with Gasteiger partial charge in [0.2, 0.25) is 9.84 Å². The number of ketones is 2. The van der Waals surface area contributed by atoms with Crippen molar-refractivity contribution in [3.8, 4) is 0 Å². The molecule has 0 fully saturated rings. The summed E-state index contributed by atoms with van der Waals surface area (Å²) in [5.41, 5.74) is 1.81. The zero-order valence-corrected chi connectivity index (χ0v) is 20.8. The summed E-state index contributed by atoms with van der Waals surface area (Å²) in [5, 5.41) is -0.0581. The molecule has 0 aliphatic rings. The summed E-state index contributed by atoms with van der Waals surface area (Å²) in [6, 6.07) is 26.5. The number of sulfone groups is 1. The lowest BCUT2D eigenvalue weighted by molar-refractivity contribution is 0.0984. The molecule has 4 aromatic rings. The van der Waals surface area contributed by atoms with E-state index < -0.39 is 9.84 Å². The van der Waals surface area contributed by atoms with Crippen molar-refractivity contribution in [3.63, 3.8) is 0 Å². The Balaban J connectivity index is 1.66. The second-order valence-corrected chi connectivity index (χ2v) is 10.5. The number of benzene rings is 4. The summed E-state index contributed by atoms with van der Waals surface area (Å²) in [5.74, 6) is -0.358. The second kappa shape index (κ2) is 10.6. The highest BCUT2D eigenvalue weighted by Gasteiger charge is 2.27. The van der Waals surface area contributed by atoms with Crippen LogP contribution in [0.4, 0.5) is 0 Å². The van der Waals surface area contributed by atoms with Gasteiger partial charge in [0.15, 0.2) is 11.6 Å². The van der Waals surface area contributed by atoms with Crippen LogP contribution in [0.1, 0.15) is 31.8 Å². The van der Waals surface area contributed by atoms with E-state index in [-0.39, 0.29) is 44.2 Å². The second-order valence-electron chi connectivity index (χ2n) is 7.89. The van der Waals surface area contributed by atoms with Crippen LogP contribution in [0, 0.1) is 0 Å². The van der Waals surface area contributed by atoms with Crippen molar-refractivity contribution in [2.24, 2.45) is 0 Å². The molecule has 0 aromatic heterocycles. The number of Topliss-reactive ketones (excluding diaryl/α,β-unsaturated/α-hetero) is 2. The fraction of sp³-hybridized carbons (Fsp3) is 0.0714. The molecule has 0 radical (unpaired) electrons. The van der Waals surface area contributed by atoms with E-state index in [1.54, 1.807) is 72.8 Å². The molecule has 0 saturated heterocycles. The zero-order valence-electron chi connectivity index (χ0n) is 18.4. The summed E-state index contributed by atoms with van der Waals surface area (Å²) >= 11 is 13.0. The topological polar surface area (TPSA) is 68.3 Å². The molecule has 0 unspecified atom stereocenters. The number of carbonyl (C=O) groups is 2. The lowest BCUT2D eigenvalue weighted by Gasteiger charge is -2.13. The average Bonchev–Trinajstić information content (AvgIpc) is 2.87. The fourth-order valence-electron chi connectivity index (χ4n) is 3.72. The predicted octanol–water partition coefficient (Wildman–Crippen LogP) is 6.68. The lowest BCUT2D eigenvalue weighted by atomic mass is 10.0. The molecule has 176 valence electrons. The summed E-state index contributed by atoms with van der Waals surface area (Å²) in [6.45, 7) is 0. The van der Waals surface area contributed by atoms with Gasteiger partial charge < -0.3 is 0 Å². The van der Waals surface area contributed by atoms with Gasteiger partial charge in [-0.25, -0.2) is 8.42 Å². The van der Waals surface area contributed by atoms with E-state index in [1.807, 2.05) is 12.1 Å². The molecule has 0 aliphatic heterocycles. The first-order valence-electron chi connectivity index (χ1n) is 10.8. The molecule has 0 heterocycles. The molecule has 0 saturated carbocycles. The Bertz CT molecular complexity index is 1390. The van der Waals surface area contributed by atoms with Crippen LogP contribution in [0.25, 0.3) is 0 Å². The zero-order chi connectivity index (χ0) is 25.0. The van der Waals surface area contributed by atoms with Crippen molar-refractivity contribution in [1.29, 1.82) is 0 Å². The van der Waals surface area contributed by atoms with Gasteiger partial charge in [0.25, 0.3) is 0 Å². The highest BCUT2D eigenvalue weighted by Crippen LogP contribution is 2.35. The number of carbonyl (C=O) groups excluding carboxylic acids is 2. The minimum Gasteiger partial charge on any atom is -0.294 e. The first-order chi connectivity index (χ1) is 16.8. The monoisotopic (exact) mass is 522 g/mol. The SMILES string of the molecule is O=C(Cc1cccc(S(=O)(=O)c2cccc(CC(=O)c3ccccc3)c2Cl)c1Cl)c1ccccc1. The van der Waals surface area contributed by atoms with Crippen molar-refractivity contribution in [3.05, 3.63) is 129 Å². The molecule has 0 N–H and O–H groups in total. The van der Waals surface area contributed by atoms with Crippen molar-refractivity contribution < 1.29 is 18.0 Å².